The van der Waals surface area contributed by atoms with Crippen LogP contribution >= 0.6 is 7.60 Å². The average molecular weight is 276 g/mol. The van der Waals surface area contributed by atoms with E-state index in [0.717, 1.165) is 12.8 Å². The van der Waals surface area contributed by atoms with Crippen molar-refractivity contribution in [2.24, 2.45) is 5.92 Å². The SMILES string of the molecule is CC(C)(C(=O)CCCC1CCCCC1)P(=O)(O)O. The second-order valence-electron chi connectivity index (χ2n) is 5.92. The molecule has 0 radical (unpaired) electrons. The molecular formula is C13H25O4P. The number of hydrogen-bond donors (Lipinski definition) is 2. The van der Waals surface area contributed by atoms with E-state index >= 15 is 0 Å². The van der Waals surface area contributed by atoms with E-state index < -0.39 is 12.8 Å². The van der Waals surface area contributed by atoms with Crippen molar-refractivity contribution >= 4 is 13.4 Å². The zero-order valence-electron chi connectivity index (χ0n) is 11.4. The number of carbonyl (C=O) groups excluding carboxylic acids is 1. The summed E-state index contributed by atoms with van der Waals surface area (Å²) < 4.78 is 11.2. The smallest absolute Gasteiger partial charge is 0.324 e. The van der Waals surface area contributed by atoms with Gasteiger partial charge in [-0.1, -0.05) is 38.5 Å². The van der Waals surface area contributed by atoms with Gasteiger partial charge in [-0.15, -0.1) is 0 Å². The van der Waals surface area contributed by atoms with Gasteiger partial charge in [0.05, 0.1) is 0 Å². The number of rotatable bonds is 6. The Bertz CT molecular complexity index is 326. The highest BCUT2D eigenvalue weighted by atomic mass is 31.2. The molecule has 0 heterocycles. The summed E-state index contributed by atoms with van der Waals surface area (Å²) in [5.74, 6) is 0.399. The predicted octanol–water partition coefficient (Wildman–Crippen LogP) is 3.26. The van der Waals surface area contributed by atoms with Gasteiger partial charge in [0.25, 0.3) is 0 Å². The van der Waals surface area contributed by atoms with Crippen molar-refractivity contribution in [2.45, 2.75) is 70.4 Å². The Morgan fingerprint density at radius 3 is 2.28 bits per heavy atom. The molecule has 18 heavy (non-hydrogen) atoms. The maximum absolute atomic E-state index is 11.9. The van der Waals surface area contributed by atoms with Gasteiger partial charge in [0.1, 0.15) is 5.16 Å². The second kappa shape index (κ2) is 6.31. The molecule has 0 spiro atoms. The Labute approximate surface area is 109 Å². The van der Waals surface area contributed by atoms with Crippen molar-refractivity contribution in [1.82, 2.24) is 0 Å². The summed E-state index contributed by atoms with van der Waals surface area (Å²) in [4.78, 5) is 30.2. The van der Waals surface area contributed by atoms with Gasteiger partial charge in [0, 0.05) is 6.42 Å². The van der Waals surface area contributed by atoms with E-state index in [1.54, 1.807) is 0 Å². The highest BCUT2D eigenvalue weighted by molar-refractivity contribution is 7.54. The lowest BCUT2D eigenvalue weighted by atomic mass is 9.85. The van der Waals surface area contributed by atoms with Crippen LogP contribution in [0.15, 0.2) is 0 Å². The Hall–Kier alpha value is -0.180. The minimum absolute atomic E-state index is 0.286. The van der Waals surface area contributed by atoms with E-state index in [2.05, 4.69) is 0 Å². The van der Waals surface area contributed by atoms with Gasteiger partial charge in [-0.3, -0.25) is 9.36 Å². The standard InChI is InChI=1S/C13H25O4P/c1-13(2,18(15,16)17)12(14)10-6-9-11-7-4-3-5-8-11/h11H,3-10H2,1-2H3,(H2,15,16,17). The molecule has 0 saturated heterocycles. The number of hydrogen-bond acceptors (Lipinski definition) is 2. The van der Waals surface area contributed by atoms with Crippen LogP contribution in [0.4, 0.5) is 0 Å². The molecule has 1 saturated carbocycles. The summed E-state index contributed by atoms with van der Waals surface area (Å²) in [6.07, 6.45) is 8.44. The van der Waals surface area contributed by atoms with Gasteiger partial charge in [0.2, 0.25) is 0 Å². The summed E-state index contributed by atoms with van der Waals surface area (Å²) >= 11 is 0. The predicted molar refractivity (Wildman–Crippen MR) is 71.6 cm³/mol. The topological polar surface area (TPSA) is 74.6 Å². The molecule has 4 nitrogen and oxygen atoms in total. The lowest BCUT2D eigenvalue weighted by Crippen LogP contribution is -2.31. The van der Waals surface area contributed by atoms with Gasteiger partial charge in [0.15, 0.2) is 5.78 Å². The molecule has 0 bridgehead atoms. The molecule has 5 heteroatoms. The van der Waals surface area contributed by atoms with Crippen LogP contribution in [0.25, 0.3) is 0 Å². The van der Waals surface area contributed by atoms with E-state index in [0.29, 0.717) is 5.92 Å². The number of ketones is 1. The molecular weight excluding hydrogens is 251 g/mol. The van der Waals surface area contributed by atoms with Crippen molar-refractivity contribution in [1.29, 1.82) is 0 Å². The lowest BCUT2D eigenvalue weighted by Gasteiger charge is -2.25. The minimum atomic E-state index is -4.35. The maximum Gasteiger partial charge on any atom is 0.338 e. The zero-order chi connectivity index (χ0) is 13.8. The van der Waals surface area contributed by atoms with Crippen LogP contribution in [0.5, 0.6) is 0 Å². The summed E-state index contributed by atoms with van der Waals surface area (Å²) in [5.41, 5.74) is 0. The second-order valence-corrected chi connectivity index (χ2v) is 8.13. The van der Waals surface area contributed by atoms with Crippen LogP contribution in [0.3, 0.4) is 0 Å². The molecule has 1 rings (SSSR count). The van der Waals surface area contributed by atoms with Crippen LogP contribution in [-0.4, -0.2) is 20.7 Å². The summed E-state index contributed by atoms with van der Waals surface area (Å²) in [6.45, 7) is 2.69. The fourth-order valence-corrected chi connectivity index (χ4v) is 2.93. The normalized spacial score (nSPS) is 18.9. The highest BCUT2D eigenvalue weighted by Crippen LogP contribution is 2.51. The van der Waals surface area contributed by atoms with E-state index in [4.69, 9.17) is 9.79 Å². The van der Waals surface area contributed by atoms with Gasteiger partial charge < -0.3 is 9.79 Å². The van der Waals surface area contributed by atoms with Gasteiger partial charge in [-0.2, -0.15) is 0 Å². The maximum atomic E-state index is 11.9. The molecule has 0 atom stereocenters. The lowest BCUT2D eigenvalue weighted by molar-refractivity contribution is -0.121. The molecule has 2 N–H and O–H groups in total. The molecule has 0 aromatic heterocycles. The number of Topliss-reactive ketones (excluding diaryl/α,β-unsaturated/α-hetero) is 1. The Morgan fingerprint density at radius 1 is 1.22 bits per heavy atom. The van der Waals surface area contributed by atoms with E-state index in [1.165, 1.54) is 46.0 Å². The van der Waals surface area contributed by atoms with E-state index in [1.807, 2.05) is 0 Å². The largest absolute Gasteiger partial charge is 0.338 e. The minimum Gasteiger partial charge on any atom is -0.324 e. The monoisotopic (exact) mass is 276 g/mol. The third-order valence-corrected chi connectivity index (χ3v) is 5.86. The molecule has 1 aliphatic carbocycles. The highest BCUT2D eigenvalue weighted by Gasteiger charge is 2.43. The van der Waals surface area contributed by atoms with Gasteiger partial charge >= 0.3 is 7.60 Å². The van der Waals surface area contributed by atoms with Crippen LogP contribution in [0.2, 0.25) is 0 Å². The quantitative estimate of drug-likeness (QED) is 0.730. The van der Waals surface area contributed by atoms with Gasteiger partial charge in [-0.05, 0) is 26.2 Å². The molecule has 0 unspecified atom stereocenters. The van der Waals surface area contributed by atoms with Crippen molar-refractivity contribution in [3.63, 3.8) is 0 Å². The fraction of sp³-hybridized carbons (Fsp3) is 0.923. The van der Waals surface area contributed by atoms with Crippen molar-refractivity contribution in [2.75, 3.05) is 0 Å². The molecule has 1 aliphatic rings. The molecule has 0 aromatic rings. The van der Waals surface area contributed by atoms with Gasteiger partial charge in [-0.25, -0.2) is 0 Å². The summed E-state index contributed by atoms with van der Waals surface area (Å²) in [7, 11) is -4.35. The molecule has 106 valence electrons. The average Bonchev–Trinajstić information content (AvgIpc) is 2.28. The van der Waals surface area contributed by atoms with Crippen molar-refractivity contribution < 1.29 is 19.1 Å². The molecule has 0 aliphatic heterocycles. The van der Waals surface area contributed by atoms with Crippen molar-refractivity contribution in [3.05, 3.63) is 0 Å². The molecule has 0 amide bonds. The van der Waals surface area contributed by atoms with Crippen LogP contribution in [0, 0.1) is 5.92 Å². The third-order valence-electron chi connectivity index (χ3n) is 4.15. The van der Waals surface area contributed by atoms with Crippen LogP contribution in [-0.2, 0) is 9.36 Å². The first-order valence-electron chi connectivity index (χ1n) is 6.84. The zero-order valence-corrected chi connectivity index (χ0v) is 12.3. The first-order valence-corrected chi connectivity index (χ1v) is 8.45. The Morgan fingerprint density at radius 2 is 1.78 bits per heavy atom. The van der Waals surface area contributed by atoms with E-state index in [9.17, 15) is 9.36 Å². The van der Waals surface area contributed by atoms with E-state index in [-0.39, 0.29) is 12.2 Å². The molecule has 1 fully saturated rings. The Kier molecular flexibility index (Phi) is 5.57. The third kappa shape index (κ3) is 4.18. The fourth-order valence-electron chi connectivity index (χ4n) is 2.50. The van der Waals surface area contributed by atoms with Crippen molar-refractivity contribution in [3.8, 4) is 0 Å². The first kappa shape index (κ1) is 15.9. The number of carbonyl (C=O) groups is 1. The van der Waals surface area contributed by atoms with Crippen LogP contribution in [0.1, 0.15) is 65.2 Å². The Balaban J connectivity index is 2.34. The molecule has 0 aromatic carbocycles. The first-order chi connectivity index (χ1) is 8.25. The van der Waals surface area contributed by atoms with Crippen LogP contribution < -0.4 is 0 Å². The summed E-state index contributed by atoms with van der Waals surface area (Å²) in [6, 6.07) is 0. The summed E-state index contributed by atoms with van der Waals surface area (Å²) in [5, 5.41) is -1.53.